The van der Waals surface area contributed by atoms with E-state index in [1.54, 1.807) is 0 Å². The fraction of sp³-hybridized carbons (Fsp3) is 0.611. The van der Waals surface area contributed by atoms with Crippen molar-refractivity contribution in [3.8, 4) is 0 Å². The van der Waals surface area contributed by atoms with Crippen LogP contribution in [0.1, 0.15) is 194 Å². The van der Waals surface area contributed by atoms with Gasteiger partial charge in [0.25, 0.3) is 0 Å². The summed E-state index contributed by atoms with van der Waals surface area (Å²) >= 11 is 0. The number of hydrogen-bond acceptors (Lipinski definition) is 6. The molecule has 1 unspecified atom stereocenters. The second-order valence-electron chi connectivity index (χ2n) is 15.3. The maximum absolute atomic E-state index is 12.8. The van der Waals surface area contributed by atoms with E-state index in [1.165, 1.54) is 25.7 Å². The number of carbonyl (C=O) groups excluding carboxylic acids is 3. The van der Waals surface area contributed by atoms with Gasteiger partial charge in [0.05, 0.1) is 0 Å². The van der Waals surface area contributed by atoms with Gasteiger partial charge in [-0.05, 0) is 96.3 Å². The molecule has 0 amide bonds. The minimum atomic E-state index is -0.807. The molecule has 0 aromatic heterocycles. The van der Waals surface area contributed by atoms with Crippen molar-refractivity contribution < 1.29 is 28.6 Å². The average Bonchev–Trinajstić information content (AvgIpc) is 3.24. The highest BCUT2D eigenvalue weighted by Crippen LogP contribution is 2.12. The van der Waals surface area contributed by atoms with Crippen LogP contribution in [0, 0.1) is 0 Å². The summed E-state index contributed by atoms with van der Waals surface area (Å²) in [5, 5.41) is 0. The minimum Gasteiger partial charge on any atom is -0.462 e. The predicted octanol–water partition coefficient (Wildman–Crippen LogP) is 15.6. The van der Waals surface area contributed by atoms with Crippen LogP contribution in [0.4, 0.5) is 0 Å². The maximum atomic E-state index is 12.8. The van der Waals surface area contributed by atoms with E-state index in [2.05, 4.69) is 106 Å². The van der Waals surface area contributed by atoms with Crippen LogP contribution in [0.15, 0.2) is 109 Å². The van der Waals surface area contributed by atoms with E-state index < -0.39 is 6.10 Å². The van der Waals surface area contributed by atoms with Crippen LogP contribution in [0.3, 0.4) is 0 Å². The highest BCUT2D eigenvalue weighted by molar-refractivity contribution is 5.71. The van der Waals surface area contributed by atoms with E-state index in [4.69, 9.17) is 14.2 Å². The number of ether oxygens (including phenoxy) is 3. The number of esters is 3. The molecule has 0 aromatic rings. The average molecular weight is 831 g/mol. The molecule has 0 rings (SSSR count). The van der Waals surface area contributed by atoms with Crippen molar-refractivity contribution in [2.75, 3.05) is 13.2 Å². The molecule has 0 aromatic carbocycles. The van der Waals surface area contributed by atoms with Crippen molar-refractivity contribution in [3.63, 3.8) is 0 Å². The topological polar surface area (TPSA) is 78.9 Å². The molecule has 0 aliphatic rings. The molecular formula is C54H86O6. The van der Waals surface area contributed by atoms with E-state index in [0.717, 1.165) is 128 Å². The highest BCUT2D eigenvalue weighted by Gasteiger charge is 2.19. The summed E-state index contributed by atoms with van der Waals surface area (Å²) in [6.45, 7) is 6.26. The Kier molecular flexibility index (Phi) is 44.6. The zero-order chi connectivity index (χ0) is 43.7. The van der Waals surface area contributed by atoms with E-state index in [-0.39, 0.29) is 37.5 Å². The summed E-state index contributed by atoms with van der Waals surface area (Å²) in [5.41, 5.74) is 0. The SMILES string of the molecule is CC\C=C/C=C\C=C/C=C\CCCCCCCC(=O)OC(COC(=O)CCCCC/C=C\C/C=C\C/C=C\C/C=C\CC)COC(=O)CCCCCCC/C=C\CCCC. The smallest absolute Gasteiger partial charge is 0.306 e. The van der Waals surface area contributed by atoms with Crippen LogP contribution in [0.25, 0.3) is 0 Å². The Morgan fingerprint density at radius 1 is 0.367 bits per heavy atom. The van der Waals surface area contributed by atoms with Crippen LogP contribution in [-0.2, 0) is 28.6 Å². The molecule has 6 nitrogen and oxygen atoms in total. The summed E-state index contributed by atoms with van der Waals surface area (Å²) in [4.78, 5) is 37.8. The van der Waals surface area contributed by atoms with Crippen molar-refractivity contribution in [2.45, 2.75) is 200 Å². The third-order valence-corrected chi connectivity index (χ3v) is 9.59. The molecule has 0 radical (unpaired) electrons. The Morgan fingerprint density at radius 2 is 0.733 bits per heavy atom. The third kappa shape index (κ3) is 45.2. The lowest BCUT2D eigenvalue weighted by Gasteiger charge is -2.18. The quantitative estimate of drug-likeness (QED) is 0.0201. The molecule has 6 heteroatoms. The molecular weight excluding hydrogens is 745 g/mol. The van der Waals surface area contributed by atoms with Gasteiger partial charge in [-0.1, -0.05) is 188 Å². The van der Waals surface area contributed by atoms with Crippen molar-refractivity contribution >= 4 is 17.9 Å². The lowest BCUT2D eigenvalue weighted by atomic mass is 10.1. The molecule has 1 atom stereocenters. The Hall–Kier alpha value is -3.93. The van der Waals surface area contributed by atoms with E-state index in [9.17, 15) is 14.4 Å². The van der Waals surface area contributed by atoms with Crippen LogP contribution in [-0.4, -0.2) is 37.2 Å². The predicted molar refractivity (Wildman–Crippen MR) is 256 cm³/mol. The van der Waals surface area contributed by atoms with Gasteiger partial charge in [-0.3, -0.25) is 14.4 Å². The Bertz CT molecular complexity index is 1280. The van der Waals surface area contributed by atoms with Gasteiger partial charge in [0, 0.05) is 19.3 Å². The van der Waals surface area contributed by atoms with Gasteiger partial charge in [0.2, 0.25) is 0 Å². The second-order valence-corrected chi connectivity index (χ2v) is 15.3. The molecule has 0 bridgehead atoms. The van der Waals surface area contributed by atoms with Crippen LogP contribution in [0.5, 0.6) is 0 Å². The van der Waals surface area contributed by atoms with Crippen molar-refractivity contribution in [1.82, 2.24) is 0 Å². The summed E-state index contributed by atoms with van der Waals surface area (Å²) < 4.78 is 16.7. The van der Waals surface area contributed by atoms with Gasteiger partial charge in [-0.15, -0.1) is 0 Å². The van der Waals surface area contributed by atoms with Gasteiger partial charge in [0.1, 0.15) is 13.2 Å². The molecule has 0 heterocycles. The zero-order valence-electron chi connectivity index (χ0n) is 38.4. The second kappa shape index (κ2) is 47.7. The summed E-state index contributed by atoms with van der Waals surface area (Å²) in [7, 11) is 0. The standard InChI is InChI=1S/C54H86O6/c1-4-7-10-13-16-19-22-24-26-28-29-32-35-38-41-44-47-53(56)59-50-51(49-58-52(55)46-43-40-37-34-31-21-18-15-12-9-6-3)60-54(57)48-45-42-39-36-33-30-27-25-23-20-17-14-11-8-5-2/h7-8,10-11,14-20,23-27,29,32,51H,4-6,9,12-13,21-22,28,30-31,33-50H2,1-3H3/b10-7-,11-8-,17-14-,18-15-,19-16-,23-20-,26-24-,27-25-,32-29-. The van der Waals surface area contributed by atoms with Gasteiger partial charge in [-0.2, -0.15) is 0 Å². The maximum Gasteiger partial charge on any atom is 0.306 e. The molecule has 0 saturated carbocycles. The van der Waals surface area contributed by atoms with E-state index >= 15 is 0 Å². The Labute approximate surface area is 368 Å². The Morgan fingerprint density at radius 3 is 1.25 bits per heavy atom. The van der Waals surface area contributed by atoms with Crippen LogP contribution in [0.2, 0.25) is 0 Å². The summed E-state index contributed by atoms with van der Waals surface area (Å²) in [5.74, 6) is -0.980. The highest BCUT2D eigenvalue weighted by atomic mass is 16.6. The lowest BCUT2D eigenvalue weighted by molar-refractivity contribution is -0.167. The number of allylic oxidation sites excluding steroid dienone is 18. The largest absolute Gasteiger partial charge is 0.462 e. The number of carbonyl (C=O) groups is 3. The first-order valence-electron chi connectivity index (χ1n) is 23.9. The fourth-order valence-electron chi connectivity index (χ4n) is 6.01. The van der Waals surface area contributed by atoms with Gasteiger partial charge < -0.3 is 14.2 Å². The summed E-state index contributed by atoms with van der Waals surface area (Å²) in [6.07, 6.45) is 63.5. The van der Waals surface area contributed by atoms with Crippen molar-refractivity contribution in [3.05, 3.63) is 109 Å². The molecule has 0 aliphatic heterocycles. The zero-order valence-corrected chi connectivity index (χ0v) is 38.4. The first-order valence-corrected chi connectivity index (χ1v) is 23.9. The van der Waals surface area contributed by atoms with Gasteiger partial charge >= 0.3 is 17.9 Å². The lowest BCUT2D eigenvalue weighted by Crippen LogP contribution is -2.30. The third-order valence-electron chi connectivity index (χ3n) is 9.59. The van der Waals surface area contributed by atoms with E-state index in [0.29, 0.717) is 12.8 Å². The molecule has 0 fully saturated rings. The number of hydrogen-bond donors (Lipinski definition) is 0. The van der Waals surface area contributed by atoms with Crippen LogP contribution >= 0.6 is 0 Å². The Balaban J connectivity index is 4.51. The van der Waals surface area contributed by atoms with Gasteiger partial charge in [0.15, 0.2) is 6.10 Å². The molecule has 0 spiro atoms. The monoisotopic (exact) mass is 831 g/mol. The molecule has 338 valence electrons. The number of unbranched alkanes of at least 4 members (excludes halogenated alkanes) is 15. The molecule has 0 saturated heterocycles. The van der Waals surface area contributed by atoms with Crippen LogP contribution < -0.4 is 0 Å². The molecule has 60 heavy (non-hydrogen) atoms. The van der Waals surface area contributed by atoms with Crippen molar-refractivity contribution in [2.24, 2.45) is 0 Å². The van der Waals surface area contributed by atoms with Gasteiger partial charge in [-0.25, -0.2) is 0 Å². The first kappa shape index (κ1) is 56.1. The van der Waals surface area contributed by atoms with Crippen molar-refractivity contribution in [1.29, 1.82) is 0 Å². The molecule has 0 aliphatic carbocycles. The van der Waals surface area contributed by atoms with E-state index in [1.807, 2.05) is 24.3 Å². The minimum absolute atomic E-state index is 0.105. The normalized spacial score (nSPS) is 13.1. The first-order chi connectivity index (χ1) is 29.5. The molecule has 0 N–H and O–H groups in total. The number of rotatable bonds is 41. The fourth-order valence-corrected chi connectivity index (χ4v) is 6.01. The summed E-state index contributed by atoms with van der Waals surface area (Å²) in [6, 6.07) is 0.